The summed E-state index contributed by atoms with van der Waals surface area (Å²) < 4.78 is 15.9. The molecule has 0 radical (unpaired) electrons. The summed E-state index contributed by atoms with van der Waals surface area (Å²) in [5, 5.41) is 0. The Morgan fingerprint density at radius 3 is 2.53 bits per heavy atom. The van der Waals surface area contributed by atoms with Crippen LogP contribution < -0.4 is 11.4 Å². The molecule has 78 valence electrons. The van der Waals surface area contributed by atoms with E-state index in [0.29, 0.717) is 0 Å². The number of rotatable bonds is 1. The quantitative estimate of drug-likeness (QED) is 0.755. The van der Waals surface area contributed by atoms with Crippen molar-refractivity contribution in [1.82, 2.24) is 9.13 Å². The number of benzene rings is 1. The highest BCUT2D eigenvalue weighted by Crippen LogP contribution is 2.14. The number of aryl methyl sites for hydroxylation is 1. The summed E-state index contributed by atoms with van der Waals surface area (Å²) in [4.78, 5) is 11.6. The highest BCUT2D eigenvalue weighted by atomic mass is 19.1. The highest BCUT2D eigenvalue weighted by Gasteiger charge is 2.11. The molecule has 1 aromatic heterocycles. The van der Waals surface area contributed by atoms with Crippen LogP contribution in [0.5, 0.6) is 0 Å². The van der Waals surface area contributed by atoms with Gasteiger partial charge < -0.3 is 5.73 Å². The minimum absolute atomic E-state index is 0.167. The predicted octanol–water partition coefficient (Wildman–Crippen LogP) is 0.897. The number of para-hydroxylation sites is 1. The van der Waals surface area contributed by atoms with Crippen molar-refractivity contribution in [2.45, 2.75) is 0 Å². The van der Waals surface area contributed by atoms with Gasteiger partial charge in [-0.3, -0.25) is 4.57 Å². The van der Waals surface area contributed by atoms with E-state index in [-0.39, 0.29) is 17.2 Å². The van der Waals surface area contributed by atoms with Crippen molar-refractivity contribution >= 4 is 5.82 Å². The highest BCUT2D eigenvalue weighted by molar-refractivity contribution is 5.42. The second kappa shape index (κ2) is 3.27. The molecule has 0 unspecified atom stereocenters. The Kier molecular flexibility index (Phi) is 2.07. The van der Waals surface area contributed by atoms with Gasteiger partial charge in [0.05, 0.1) is 5.69 Å². The van der Waals surface area contributed by atoms with Gasteiger partial charge in [-0.1, -0.05) is 12.1 Å². The van der Waals surface area contributed by atoms with Gasteiger partial charge >= 0.3 is 5.69 Å². The number of halogens is 1. The maximum Gasteiger partial charge on any atom is 0.334 e. The lowest BCUT2D eigenvalue weighted by Crippen LogP contribution is -2.22. The largest absolute Gasteiger partial charge is 0.383 e. The SMILES string of the molecule is Cn1cc(N)n(-c2ccccc2F)c1=O. The summed E-state index contributed by atoms with van der Waals surface area (Å²) in [6.07, 6.45) is 1.45. The van der Waals surface area contributed by atoms with Gasteiger partial charge in [-0.15, -0.1) is 0 Å². The normalized spacial score (nSPS) is 10.5. The van der Waals surface area contributed by atoms with Crippen LogP contribution in [-0.2, 0) is 7.05 Å². The van der Waals surface area contributed by atoms with E-state index in [1.165, 1.54) is 22.9 Å². The monoisotopic (exact) mass is 207 g/mol. The first-order chi connectivity index (χ1) is 7.11. The Morgan fingerprint density at radius 1 is 1.33 bits per heavy atom. The molecule has 0 amide bonds. The molecule has 5 heteroatoms. The van der Waals surface area contributed by atoms with Crippen molar-refractivity contribution in [2.75, 3.05) is 5.73 Å². The summed E-state index contributed by atoms with van der Waals surface area (Å²) in [6.45, 7) is 0. The first kappa shape index (κ1) is 9.51. The van der Waals surface area contributed by atoms with Crippen molar-refractivity contribution < 1.29 is 4.39 Å². The molecule has 2 rings (SSSR count). The molecule has 1 heterocycles. The van der Waals surface area contributed by atoms with Gasteiger partial charge in [0.1, 0.15) is 11.6 Å². The molecular weight excluding hydrogens is 197 g/mol. The van der Waals surface area contributed by atoms with Gasteiger partial charge in [-0.2, -0.15) is 0 Å². The fourth-order valence-corrected chi connectivity index (χ4v) is 1.45. The van der Waals surface area contributed by atoms with Gasteiger partial charge in [0.25, 0.3) is 0 Å². The van der Waals surface area contributed by atoms with E-state index in [0.717, 1.165) is 4.57 Å². The Balaban J connectivity index is 2.75. The zero-order chi connectivity index (χ0) is 11.0. The number of hydrogen-bond donors (Lipinski definition) is 1. The van der Waals surface area contributed by atoms with E-state index >= 15 is 0 Å². The fourth-order valence-electron chi connectivity index (χ4n) is 1.45. The zero-order valence-electron chi connectivity index (χ0n) is 8.14. The van der Waals surface area contributed by atoms with Crippen LogP contribution in [0.1, 0.15) is 0 Å². The summed E-state index contributed by atoms with van der Waals surface area (Å²) in [7, 11) is 1.57. The van der Waals surface area contributed by atoms with Gasteiger partial charge in [0.15, 0.2) is 0 Å². The number of aromatic nitrogens is 2. The van der Waals surface area contributed by atoms with Crippen LogP contribution in [0, 0.1) is 5.82 Å². The molecule has 0 aliphatic rings. The van der Waals surface area contributed by atoms with Crippen LogP contribution in [0.15, 0.2) is 35.3 Å². The maximum absolute atomic E-state index is 13.4. The zero-order valence-corrected chi connectivity index (χ0v) is 8.14. The van der Waals surface area contributed by atoms with Crippen molar-refractivity contribution in [3.63, 3.8) is 0 Å². The molecule has 0 fully saturated rings. The smallest absolute Gasteiger partial charge is 0.334 e. The minimum atomic E-state index is -0.475. The third kappa shape index (κ3) is 1.41. The third-order valence-corrected chi connectivity index (χ3v) is 2.17. The average Bonchev–Trinajstić information content (AvgIpc) is 2.43. The van der Waals surface area contributed by atoms with E-state index < -0.39 is 5.82 Å². The molecule has 2 N–H and O–H groups in total. The second-order valence-corrected chi connectivity index (χ2v) is 3.23. The molecule has 0 aliphatic heterocycles. The Morgan fingerprint density at radius 2 is 2.00 bits per heavy atom. The van der Waals surface area contributed by atoms with Crippen molar-refractivity contribution in [2.24, 2.45) is 7.05 Å². The number of anilines is 1. The number of imidazole rings is 1. The number of nitrogen functional groups attached to an aromatic ring is 1. The summed E-state index contributed by atoms with van der Waals surface area (Å²) in [5.41, 5.74) is 5.42. The first-order valence-corrected chi connectivity index (χ1v) is 4.40. The van der Waals surface area contributed by atoms with E-state index in [4.69, 9.17) is 5.73 Å². The molecule has 4 nitrogen and oxygen atoms in total. The van der Waals surface area contributed by atoms with Crippen LogP contribution in [-0.4, -0.2) is 9.13 Å². The van der Waals surface area contributed by atoms with E-state index in [2.05, 4.69) is 0 Å². The molecule has 0 aliphatic carbocycles. The van der Waals surface area contributed by atoms with Crippen LogP contribution in [0.25, 0.3) is 5.69 Å². The van der Waals surface area contributed by atoms with E-state index in [1.807, 2.05) is 0 Å². The first-order valence-electron chi connectivity index (χ1n) is 4.40. The van der Waals surface area contributed by atoms with Crippen LogP contribution in [0.4, 0.5) is 10.2 Å². The molecule has 0 saturated carbocycles. The third-order valence-electron chi connectivity index (χ3n) is 2.17. The number of hydrogen-bond acceptors (Lipinski definition) is 2. The Labute approximate surface area is 85.4 Å². The van der Waals surface area contributed by atoms with Crippen molar-refractivity contribution in [1.29, 1.82) is 0 Å². The van der Waals surface area contributed by atoms with E-state index in [1.54, 1.807) is 19.2 Å². The van der Waals surface area contributed by atoms with Gasteiger partial charge in [-0.05, 0) is 12.1 Å². The molecule has 2 aromatic rings. The van der Waals surface area contributed by atoms with Crippen molar-refractivity contribution in [3.8, 4) is 5.69 Å². The van der Waals surface area contributed by atoms with Gasteiger partial charge in [-0.25, -0.2) is 13.8 Å². The Hall–Kier alpha value is -2.04. The molecule has 0 bridgehead atoms. The van der Waals surface area contributed by atoms with Crippen LogP contribution >= 0.6 is 0 Å². The maximum atomic E-state index is 13.4. The number of nitrogens with two attached hydrogens (primary N) is 1. The van der Waals surface area contributed by atoms with Crippen LogP contribution in [0.2, 0.25) is 0 Å². The second-order valence-electron chi connectivity index (χ2n) is 3.23. The summed E-state index contributed by atoms with van der Waals surface area (Å²) in [5.74, 6) is -0.259. The number of nitrogens with zero attached hydrogens (tertiary/aromatic N) is 2. The van der Waals surface area contributed by atoms with Crippen LogP contribution in [0.3, 0.4) is 0 Å². The molecular formula is C10H10FN3O. The summed E-state index contributed by atoms with van der Waals surface area (Å²) in [6, 6.07) is 6.00. The molecule has 0 atom stereocenters. The molecule has 0 saturated heterocycles. The van der Waals surface area contributed by atoms with Crippen molar-refractivity contribution in [3.05, 3.63) is 46.8 Å². The molecule has 1 aromatic carbocycles. The standard InChI is InChI=1S/C10H10FN3O/c1-13-6-9(12)14(10(13)15)8-5-3-2-4-7(8)11/h2-6H,12H2,1H3. The van der Waals surface area contributed by atoms with Gasteiger partial charge in [0.2, 0.25) is 0 Å². The van der Waals surface area contributed by atoms with E-state index in [9.17, 15) is 9.18 Å². The predicted molar refractivity (Wildman–Crippen MR) is 55.4 cm³/mol. The topological polar surface area (TPSA) is 52.9 Å². The minimum Gasteiger partial charge on any atom is -0.383 e. The Bertz CT molecular complexity index is 556. The lowest BCUT2D eigenvalue weighted by atomic mass is 10.3. The molecule has 15 heavy (non-hydrogen) atoms. The summed E-state index contributed by atoms with van der Waals surface area (Å²) >= 11 is 0. The average molecular weight is 207 g/mol. The molecule has 0 spiro atoms. The fraction of sp³-hybridized carbons (Fsp3) is 0.100. The van der Waals surface area contributed by atoms with Gasteiger partial charge in [0, 0.05) is 13.2 Å². The lowest BCUT2D eigenvalue weighted by molar-refractivity contribution is 0.615. The lowest BCUT2D eigenvalue weighted by Gasteiger charge is -2.04.